The Morgan fingerprint density at radius 2 is 2.08 bits per heavy atom. The van der Waals surface area contributed by atoms with Crippen LogP contribution in [0.2, 0.25) is 5.15 Å². The number of hydrogen-bond acceptors (Lipinski definition) is 5. The number of halogens is 3. The molecule has 1 amide bonds. The van der Waals surface area contributed by atoms with Crippen molar-refractivity contribution in [1.82, 2.24) is 9.97 Å². The van der Waals surface area contributed by atoms with Gasteiger partial charge in [0, 0.05) is 5.38 Å². The SMILES string of the molecule is COc1cc(C)c(F)c(NC(=O)c2csc3c(Cl)ncnc23)c1F. The van der Waals surface area contributed by atoms with Crippen LogP contribution >= 0.6 is 22.9 Å². The summed E-state index contributed by atoms with van der Waals surface area (Å²) in [5, 5.41) is 3.95. The molecule has 3 aromatic rings. The predicted octanol–water partition coefficient (Wildman–Crippen LogP) is 4.19. The van der Waals surface area contributed by atoms with Gasteiger partial charge < -0.3 is 10.1 Å². The number of fused-ring (bicyclic) bond motifs is 1. The topological polar surface area (TPSA) is 64.1 Å². The summed E-state index contributed by atoms with van der Waals surface area (Å²) < 4.78 is 33.8. The second kappa shape index (κ2) is 6.29. The van der Waals surface area contributed by atoms with Gasteiger partial charge in [0.2, 0.25) is 0 Å². The van der Waals surface area contributed by atoms with E-state index in [1.807, 2.05) is 0 Å². The van der Waals surface area contributed by atoms with E-state index in [1.165, 1.54) is 43.1 Å². The van der Waals surface area contributed by atoms with Crippen molar-refractivity contribution < 1.29 is 18.3 Å². The van der Waals surface area contributed by atoms with E-state index in [-0.39, 0.29) is 22.0 Å². The third kappa shape index (κ3) is 2.67. The van der Waals surface area contributed by atoms with Gasteiger partial charge in [0.15, 0.2) is 17.4 Å². The number of methoxy groups -OCH3 is 1. The van der Waals surface area contributed by atoms with E-state index >= 15 is 0 Å². The molecule has 24 heavy (non-hydrogen) atoms. The van der Waals surface area contributed by atoms with E-state index in [1.54, 1.807) is 0 Å². The van der Waals surface area contributed by atoms with E-state index in [2.05, 4.69) is 15.3 Å². The fourth-order valence-corrected chi connectivity index (χ4v) is 3.31. The van der Waals surface area contributed by atoms with Gasteiger partial charge in [-0.15, -0.1) is 11.3 Å². The number of thiophene rings is 1. The lowest BCUT2D eigenvalue weighted by molar-refractivity contribution is 0.102. The Bertz CT molecular complexity index is 962. The fraction of sp³-hybridized carbons (Fsp3) is 0.133. The summed E-state index contributed by atoms with van der Waals surface area (Å²) >= 11 is 7.11. The standard InChI is InChI=1S/C15H10ClF2N3O2S/c1-6-3-8(23-2)10(18)12(9(6)17)21-15(22)7-4-24-13-11(7)19-5-20-14(13)16/h3-5H,1-2H3,(H,21,22). The first-order chi connectivity index (χ1) is 11.4. The van der Waals surface area contributed by atoms with Gasteiger partial charge in [-0.25, -0.2) is 18.7 Å². The smallest absolute Gasteiger partial charge is 0.258 e. The monoisotopic (exact) mass is 369 g/mol. The predicted molar refractivity (Wildman–Crippen MR) is 88.0 cm³/mol. The normalized spacial score (nSPS) is 10.9. The van der Waals surface area contributed by atoms with Crippen LogP contribution in [-0.4, -0.2) is 23.0 Å². The van der Waals surface area contributed by atoms with Gasteiger partial charge in [-0.2, -0.15) is 0 Å². The maximum absolute atomic E-state index is 14.3. The molecule has 1 N–H and O–H groups in total. The largest absolute Gasteiger partial charge is 0.494 e. The fourth-order valence-electron chi connectivity index (χ4n) is 2.16. The Labute approximate surface area is 144 Å². The number of amides is 1. The van der Waals surface area contributed by atoms with E-state index in [0.717, 1.165) is 0 Å². The van der Waals surface area contributed by atoms with Crippen LogP contribution in [0.1, 0.15) is 15.9 Å². The molecule has 0 aliphatic heterocycles. The van der Waals surface area contributed by atoms with Gasteiger partial charge >= 0.3 is 0 Å². The number of aromatic nitrogens is 2. The van der Waals surface area contributed by atoms with Crippen LogP contribution in [0, 0.1) is 18.6 Å². The lowest BCUT2D eigenvalue weighted by Gasteiger charge is -2.12. The maximum Gasteiger partial charge on any atom is 0.258 e. The highest BCUT2D eigenvalue weighted by molar-refractivity contribution is 7.18. The number of carbonyl (C=O) groups excluding carboxylic acids is 1. The van der Waals surface area contributed by atoms with Crippen molar-refractivity contribution in [2.24, 2.45) is 0 Å². The van der Waals surface area contributed by atoms with Crippen molar-refractivity contribution in [1.29, 1.82) is 0 Å². The van der Waals surface area contributed by atoms with Gasteiger partial charge in [0.05, 0.1) is 22.9 Å². The van der Waals surface area contributed by atoms with Crippen LogP contribution in [0.3, 0.4) is 0 Å². The number of anilines is 1. The van der Waals surface area contributed by atoms with Crippen LogP contribution in [0.4, 0.5) is 14.5 Å². The average Bonchev–Trinajstić information content (AvgIpc) is 3.00. The van der Waals surface area contributed by atoms with Gasteiger partial charge in [-0.3, -0.25) is 4.79 Å². The maximum atomic E-state index is 14.3. The van der Waals surface area contributed by atoms with Gasteiger partial charge in [0.1, 0.15) is 17.2 Å². The lowest BCUT2D eigenvalue weighted by Crippen LogP contribution is -2.15. The molecule has 9 heteroatoms. The molecule has 2 heterocycles. The second-order valence-electron chi connectivity index (χ2n) is 4.84. The number of rotatable bonds is 3. The van der Waals surface area contributed by atoms with Crippen LogP contribution in [0.15, 0.2) is 17.8 Å². The van der Waals surface area contributed by atoms with E-state index in [9.17, 15) is 13.6 Å². The first-order valence-corrected chi connectivity index (χ1v) is 7.91. The van der Waals surface area contributed by atoms with Crippen molar-refractivity contribution in [2.45, 2.75) is 6.92 Å². The summed E-state index contributed by atoms with van der Waals surface area (Å²) in [6.45, 7) is 1.44. The summed E-state index contributed by atoms with van der Waals surface area (Å²) in [5.41, 5.74) is 0.0388. The molecule has 0 unspecified atom stereocenters. The number of hydrogen-bond donors (Lipinski definition) is 1. The lowest BCUT2D eigenvalue weighted by atomic mass is 10.1. The molecule has 124 valence electrons. The highest BCUT2D eigenvalue weighted by Gasteiger charge is 2.22. The number of aryl methyl sites for hydroxylation is 1. The molecule has 0 aliphatic carbocycles. The Morgan fingerprint density at radius 1 is 1.33 bits per heavy atom. The molecule has 0 fully saturated rings. The zero-order valence-corrected chi connectivity index (χ0v) is 14.1. The number of benzene rings is 1. The number of nitrogens with zero attached hydrogens (tertiary/aromatic N) is 2. The molecule has 0 saturated carbocycles. The quantitative estimate of drug-likeness (QED) is 0.703. The Kier molecular flexibility index (Phi) is 4.33. The highest BCUT2D eigenvalue weighted by Crippen LogP contribution is 2.32. The second-order valence-corrected chi connectivity index (χ2v) is 6.08. The zero-order chi connectivity index (χ0) is 17.4. The molecule has 0 bridgehead atoms. The van der Waals surface area contributed by atoms with Gasteiger partial charge in [-0.05, 0) is 18.6 Å². The number of carbonyl (C=O) groups is 1. The van der Waals surface area contributed by atoms with Crippen LogP contribution in [0.25, 0.3) is 10.2 Å². The minimum absolute atomic E-state index is 0.143. The molecular weight excluding hydrogens is 360 g/mol. The molecule has 0 radical (unpaired) electrons. The molecule has 0 spiro atoms. The number of ether oxygens (including phenoxy) is 1. The molecule has 2 aromatic heterocycles. The van der Waals surface area contributed by atoms with Crippen LogP contribution < -0.4 is 10.1 Å². The third-order valence-corrected chi connectivity index (χ3v) is 4.74. The Morgan fingerprint density at radius 3 is 2.79 bits per heavy atom. The summed E-state index contributed by atoms with van der Waals surface area (Å²) in [5.74, 6) is -2.72. The Balaban J connectivity index is 2.04. The molecule has 0 saturated heterocycles. The van der Waals surface area contributed by atoms with E-state index in [4.69, 9.17) is 16.3 Å². The molecule has 5 nitrogen and oxygen atoms in total. The third-order valence-electron chi connectivity index (χ3n) is 3.36. The highest BCUT2D eigenvalue weighted by atomic mass is 35.5. The minimum atomic E-state index is -0.985. The van der Waals surface area contributed by atoms with Crippen molar-refractivity contribution in [3.8, 4) is 5.75 Å². The van der Waals surface area contributed by atoms with E-state index in [0.29, 0.717) is 10.2 Å². The van der Waals surface area contributed by atoms with Crippen molar-refractivity contribution in [3.05, 3.63) is 45.7 Å². The summed E-state index contributed by atoms with van der Waals surface area (Å²) in [6.07, 6.45) is 1.21. The van der Waals surface area contributed by atoms with Crippen LogP contribution in [-0.2, 0) is 0 Å². The van der Waals surface area contributed by atoms with Crippen molar-refractivity contribution in [3.63, 3.8) is 0 Å². The summed E-state index contributed by atoms with van der Waals surface area (Å²) in [6, 6.07) is 1.22. The summed E-state index contributed by atoms with van der Waals surface area (Å²) in [7, 11) is 1.26. The van der Waals surface area contributed by atoms with Crippen LogP contribution in [0.5, 0.6) is 5.75 Å². The first-order valence-electron chi connectivity index (χ1n) is 6.65. The van der Waals surface area contributed by atoms with Crippen molar-refractivity contribution >= 4 is 44.7 Å². The first kappa shape index (κ1) is 16.5. The number of nitrogens with one attached hydrogen (secondary N) is 1. The van der Waals surface area contributed by atoms with E-state index < -0.39 is 23.2 Å². The molecule has 3 rings (SSSR count). The Hall–Kier alpha value is -2.32. The molecule has 0 atom stereocenters. The summed E-state index contributed by atoms with van der Waals surface area (Å²) in [4.78, 5) is 20.3. The van der Waals surface area contributed by atoms with Crippen molar-refractivity contribution in [2.75, 3.05) is 12.4 Å². The molecule has 1 aromatic carbocycles. The molecule has 0 aliphatic rings. The van der Waals surface area contributed by atoms with Gasteiger partial charge in [-0.1, -0.05) is 11.6 Å². The van der Waals surface area contributed by atoms with Gasteiger partial charge in [0.25, 0.3) is 5.91 Å². The zero-order valence-electron chi connectivity index (χ0n) is 12.5. The minimum Gasteiger partial charge on any atom is -0.494 e. The molecular formula is C15H10ClF2N3O2S. The average molecular weight is 370 g/mol.